The van der Waals surface area contributed by atoms with E-state index >= 15 is 0 Å². The molecule has 18 heavy (non-hydrogen) atoms. The van der Waals surface area contributed by atoms with Gasteiger partial charge in [0.2, 0.25) is 0 Å². The monoisotopic (exact) mass is 267 g/mol. The Morgan fingerprint density at radius 3 is 2.94 bits per heavy atom. The molecule has 2 rings (SSSR count). The number of nitrogens with one attached hydrogen (secondary N) is 1. The van der Waals surface area contributed by atoms with Gasteiger partial charge in [-0.05, 0) is 25.1 Å². The molecular formula is C13H15ClFN3. The SMILES string of the molecule is N#CC(c1c(F)cccc1Cl)N1CCCNCC1. The second-order valence-corrected chi connectivity index (χ2v) is 4.71. The second kappa shape index (κ2) is 6.14. The molecule has 1 N–H and O–H groups in total. The first-order chi connectivity index (χ1) is 8.74. The number of halogens is 2. The summed E-state index contributed by atoms with van der Waals surface area (Å²) in [7, 11) is 0. The van der Waals surface area contributed by atoms with E-state index in [1.807, 2.05) is 4.90 Å². The third-order valence-corrected chi connectivity index (χ3v) is 3.46. The molecule has 0 amide bonds. The van der Waals surface area contributed by atoms with E-state index in [0.29, 0.717) is 10.6 Å². The van der Waals surface area contributed by atoms with Gasteiger partial charge < -0.3 is 5.32 Å². The maximum Gasteiger partial charge on any atom is 0.130 e. The summed E-state index contributed by atoms with van der Waals surface area (Å²) in [5.41, 5.74) is 0.295. The molecule has 5 heteroatoms. The lowest BCUT2D eigenvalue weighted by Gasteiger charge is -2.26. The van der Waals surface area contributed by atoms with Crippen LogP contribution in [0, 0.1) is 17.1 Å². The van der Waals surface area contributed by atoms with Gasteiger partial charge in [0.15, 0.2) is 0 Å². The minimum Gasteiger partial charge on any atom is -0.315 e. The van der Waals surface area contributed by atoms with E-state index in [-0.39, 0.29) is 0 Å². The normalized spacial score (nSPS) is 18.9. The molecule has 0 aromatic heterocycles. The highest BCUT2D eigenvalue weighted by Crippen LogP contribution is 2.29. The van der Waals surface area contributed by atoms with Crippen LogP contribution in [-0.2, 0) is 0 Å². The fourth-order valence-electron chi connectivity index (χ4n) is 2.23. The smallest absolute Gasteiger partial charge is 0.130 e. The van der Waals surface area contributed by atoms with E-state index in [4.69, 9.17) is 11.6 Å². The van der Waals surface area contributed by atoms with Crippen molar-refractivity contribution in [3.05, 3.63) is 34.6 Å². The van der Waals surface area contributed by atoms with Crippen molar-refractivity contribution in [1.82, 2.24) is 10.2 Å². The molecule has 1 saturated heterocycles. The summed E-state index contributed by atoms with van der Waals surface area (Å²) >= 11 is 6.03. The predicted molar refractivity (Wildman–Crippen MR) is 68.8 cm³/mol. The van der Waals surface area contributed by atoms with Gasteiger partial charge in [0, 0.05) is 30.2 Å². The number of hydrogen-bond donors (Lipinski definition) is 1. The van der Waals surface area contributed by atoms with Crippen LogP contribution in [-0.4, -0.2) is 31.1 Å². The van der Waals surface area contributed by atoms with Crippen molar-refractivity contribution in [3.63, 3.8) is 0 Å². The van der Waals surface area contributed by atoms with Crippen molar-refractivity contribution >= 4 is 11.6 Å². The quantitative estimate of drug-likeness (QED) is 0.894. The van der Waals surface area contributed by atoms with E-state index in [0.717, 1.165) is 32.6 Å². The zero-order valence-electron chi connectivity index (χ0n) is 10.00. The molecule has 1 unspecified atom stereocenters. The molecule has 1 fully saturated rings. The zero-order valence-corrected chi connectivity index (χ0v) is 10.8. The van der Waals surface area contributed by atoms with E-state index in [1.54, 1.807) is 12.1 Å². The Morgan fingerprint density at radius 2 is 2.22 bits per heavy atom. The molecular weight excluding hydrogens is 253 g/mol. The van der Waals surface area contributed by atoms with Crippen molar-refractivity contribution in [2.24, 2.45) is 0 Å². The fourth-order valence-corrected chi connectivity index (χ4v) is 2.49. The van der Waals surface area contributed by atoms with Gasteiger partial charge in [-0.1, -0.05) is 17.7 Å². The molecule has 0 spiro atoms. The third-order valence-electron chi connectivity index (χ3n) is 3.14. The molecule has 1 atom stereocenters. The highest BCUT2D eigenvalue weighted by Gasteiger charge is 2.25. The van der Waals surface area contributed by atoms with Gasteiger partial charge in [-0.15, -0.1) is 0 Å². The van der Waals surface area contributed by atoms with Crippen LogP contribution in [0.25, 0.3) is 0 Å². The highest BCUT2D eigenvalue weighted by molar-refractivity contribution is 6.31. The van der Waals surface area contributed by atoms with Gasteiger partial charge in [0.05, 0.1) is 6.07 Å². The van der Waals surface area contributed by atoms with E-state index in [2.05, 4.69) is 11.4 Å². The molecule has 0 radical (unpaired) electrons. The molecule has 0 bridgehead atoms. The summed E-state index contributed by atoms with van der Waals surface area (Å²) in [5.74, 6) is -0.411. The Labute approximate surface area is 111 Å². The van der Waals surface area contributed by atoms with E-state index in [9.17, 15) is 9.65 Å². The van der Waals surface area contributed by atoms with Gasteiger partial charge in [-0.3, -0.25) is 4.90 Å². The first-order valence-electron chi connectivity index (χ1n) is 6.02. The fraction of sp³-hybridized carbons (Fsp3) is 0.462. The van der Waals surface area contributed by atoms with Crippen LogP contribution in [0.1, 0.15) is 18.0 Å². The Hall–Kier alpha value is -1.15. The Bertz CT molecular complexity index is 430. The first kappa shape index (κ1) is 13.3. The molecule has 1 aliphatic heterocycles. The molecule has 1 aromatic carbocycles. The standard InChI is InChI=1S/C13H15ClFN3/c14-10-3-1-4-11(15)13(10)12(9-16)18-7-2-5-17-6-8-18/h1,3-4,12,17H,2,5-8H2. The van der Waals surface area contributed by atoms with Crippen molar-refractivity contribution in [2.75, 3.05) is 26.2 Å². The summed E-state index contributed by atoms with van der Waals surface area (Å²) in [5, 5.41) is 12.9. The minimum atomic E-state index is -0.612. The average molecular weight is 268 g/mol. The maximum atomic E-state index is 13.9. The molecule has 1 aromatic rings. The molecule has 1 heterocycles. The number of hydrogen-bond acceptors (Lipinski definition) is 3. The van der Waals surface area contributed by atoms with Crippen molar-refractivity contribution in [2.45, 2.75) is 12.5 Å². The lowest BCUT2D eigenvalue weighted by Crippen LogP contribution is -2.32. The second-order valence-electron chi connectivity index (χ2n) is 4.31. The third kappa shape index (κ3) is 2.81. The topological polar surface area (TPSA) is 39.1 Å². The van der Waals surface area contributed by atoms with Crippen LogP contribution < -0.4 is 5.32 Å². The van der Waals surface area contributed by atoms with Crippen molar-refractivity contribution in [3.8, 4) is 6.07 Å². The molecule has 0 aliphatic carbocycles. The summed E-state index contributed by atoms with van der Waals surface area (Å²) in [6, 6.07) is 6.09. The first-order valence-corrected chi connectivity index (χ1v) is 6.40. The summed E-state index contributed by atoms with van der Waals surface area (Å²) in [6.07, 6.45) is 0.949. The number of nitriles is 1. The summed E-state index contributed by atoms with van der Waals surface area (Å²) in [6.45, 7) is 3.24. The summed E-state index contributed by atoms with van der Waals surface area (Å²) < 4.78 is 13.9. The molecule has 0 saturated carbocycles. The van der Waals surface area contributed by atoms with Crippen LogP contribution in [0.3, 0.4) is 0 Å². The van der Waals surface area contributed by atoms with Crippen molar-refractivity contribution < 1.29 is 4.39 Å². The largest absolute Gasteiger partial charge is 0.315 e. The summed E-state index contributed by atoms with van der Waals surface area (Å²) in [4.78, 5) is 1.98. The predicted octanol–water partition coefficient (Wildman–Crippen LogP) is 2.34. The molecule has 96 valence electrons. The highest BCUT2D eigenvalue weighted by atomic mass is 35.5. The van der Waals surface area contributed by atoms with Crippen LogP contribution in [0.2, 0.25) is 5.02 Å². The van der Waals surface area contributed by atoms with E-state index < -0.39 is 11.9 Å². The average Bonchev–Trinajstić information content (AvgIpc) is 2.63. The zero-order chi connectivity index (χ0) is 13.0. The molecule has 1 aliphatic rings. The maximum absolute atomic E-state index is 13.9. The lowest BCUT2D eigenvalue weighted by atomic mass is 10.1. The van der Waals surface area contributed by atoms with Crippen LogP contribution >= 0.6 is 11.6 Å². The van der Waals surface area contributed by atoms with Crippen LogP contribution in [0.15, 0.2) is 18.2 Å². The van der Waals surface area contributed by atoms with Gasteiger partial charge in [0.25, 0.3) is 0 Å². The number of benzene rings is 1. The molecule has 3 nitrogen and oxygen atoms in total. The Kier molecular flexibility index (Phi) is 4.54. The van der Waals surface area contributed by atoms with Gasteiger partial charge >= 0.3 is 0 Å². The lowest BCUT2D eigenvalue weighted by molar-refractivity contribution is 0.248. The minimum absolute atomic E-state index is 0.295. The number of nitrogens with zero attached hydrogens (tertiary/aromatic N) is 2. The van der Waals surface area contributed by atoms with Gasteiger partial charge in [0.1, 0.15) is 11.9 Å². The Balaban J connectivity index is 2.30. The van der Waals surface area contributed by atoms with Crippen LogP contribution in [0.4, 0.5) is 4.39 Å². The number of rotatable bonds is 2. The van der Waals surface area contributed by atoms with Crippen molar-refractivity contribution in [1.29, 1.82) is 5.26 Å². The van der Waals surface area contributed by atoms with E-state index in [1.165, 1.54) is 6.07 Å². The van der Waals surface area contributed by atoms with Gasteiger partial charge in [-0.2, -0.15) is 5.26 Å². The van der Waals surface area contributed by atoms with Crippen LogP contribution in [0.5, 0.6) is 0 Å². The Morgan fingerprint density at radius 1 is 1.39 bits per heavy atom. The van der Waals surface area contributed by atoms with Gasteiger partial charge in [-0.25, -0.2) is 4.39 Å².